The minimum Gasteiger partial charge on any atom is -0.378 e. The molecule has 0 saturated carbocycles. The minimum absolute atomic E-state index is 0.407. The van der Waals surface area contributed by atoms with E-state index in [-0.39, 0.29) is 0 Å². The Kier molecular flexibility index (Phi) is 3.69. The number of amides is 1. The van der Waals surface area contributed by atoms with Crippen LogP contribution in [0, 0.1) is 13.8 Å². The smallest absolute Gasteiger partial charge is 0.257 e. The van der Waals surface area contributed by atoms with Crippen LogP contribution in [0.4, 0.5) is 5.69 Å². The Balaban J connectivity index is 1.99. The van der Waals surface area contributed by atoms with Gasteiger partial charge in [-0.3, -0.25) is 4.79 Å². The molecular formula is C16H14ClNO2S. The molecule has 108 valence electrons. The molecule has 1 atom stereocenters. The van der Waals surface area contributed by atoms with Crippen LogP contribution >= 0.6 is 23.4 Å². The number of halogens is 1. The lowest BCUT2D eigenvalue weighted by Gasteiger charge is -2.10. The molecule has 0 aromatic heterocycles. The molecule has 21 heavy (non-hydrogen) atoms. The van der Waals surface area contributed by atoms with Gasteiger partial charge in [0.25, 0.3) is 5.91 Å². The first-order valence-corrected chi connectivity index (χ1v) is 7.72. The number of hydrogen-bond acceptors (Lipinski definition) is 3. The Morgan fingerprint density at radius 2 is 1.95 bits per heavy atom. The molecule has 1 heterocycles. The number of aliphatic hydroxyl groups excluding tert-OH is 1. The fourth-order valence-electron chi connectivity index (χ4n) is 2.26. The van der Waals surface area contributed by atoms with E-state index in [1.165, 1.54) is 11.1 Å². The predicted octanol–water partition coefficient (Wildman–Crippen LogP) is 4.09. The third kappa shape index (κ3) is 2.67. The lowest BCUT2D eigenvalue weighted by molar-refractivity contribution is -0.123. The van der Waals surface area contributed by atoms with Crippen molar-refractivity contribution in [3.05, 3.63) is 52.0 Å². The molecule has 0 spiro atoms. The summed E-state index contributed by atoms with van der Waals surface area (Å²) in [5.41, 5.74) is 3.52. The summed E-state index contributed by atoms with van der Waals surface area (Å²) in [7, 11) is 0. The Bertz CT molecular complexity index is 745. The number of rotatable bonds is 2. The molecule has 3 nitrogen and oxygen atoms in total. The fraction of sp³-hybridized carbons (Fsp3) is 0.188. The first-order valence-electron chi connectivity index (χ1n) is 6.53. The number of aliphatic hydroxyl groups is 1. The Morgan fingerprint density at radius 3 is 2.71 bits per heavy atom. The third-order valence-corrected chi connectivity index (χ3v) is 5.11. The molecule has 1 amide bonds. The van der Waals surface area contributed by atoms with Gasteiger partial charge in [0.1, 0.15) is 0 Å². The van der Waals surface area contributed by atoms with Gasteiger partial charge in [-0.1, -0.05) is 35.5 Å². The number of nitrogens with one attached hydrogen (secondary N) is 1. The van der Waals surface area contributed by atoms with E-state index in [2.05, 4.69) is 30.4 Å². The van der Waals surface area contributed by atoms with E-state index >= 15 is 0 Å². The van der Waals surface area contributed by atoms with Gasteiger partial charge in [0.05, 0.1) is 5.02 Å². The van der Waals surface area contributed by atoms with Gasteiger partial charge in [0.2, 0.25) is 0 Å². The normalized spacial score (nSPS) is 16.8. The molecule has 2 aromatic carbocycles. The van der Waals surface area contributed by atoms with Crippen LogP contribution in [0.5, 0.6) is 0 Å². The molecule has 3 rings (SSSR count). The largest absolute Gasteiger partial charge is 0.378 e. The van der Waals surface area contributed by atoms with Crippen molar-refractivity contribution in [2.24, 2.45) is 0 Å². The monoisotopic (exact) mass is 319 g/mol. The average Bonchev–Trinajstić information content (AvgIpc) is 2.70. The molecule has 0 saturated heterocycles. The van der Waals surface area contributed by atoms with E-state index in [0.717, 1.165) is 9.79 Å². The molecule has 1 unspecified atom stereocenters. The molecule has 2 N–H and O–H groups in total. The van der Waals surface area contributed by atoms with Crippen molar-refractivity contribution in [2.45, 2.75) is 29.7 Å². The van der Waals surface area contributed by atoms with Crippen molar-refractivity contribution >= 4 is 35.0 Å². The van der Waals surface area contributed by atoms with Gasteiger partial charge >= 0.3 is 0 Å². The summed E-state index contributed by atoms with van der Waals surface area (Å²) in [5.74, 6) is -0.407. The number of aryl methyl sites for hydroxylation is 2. The van der Waals surface area contributed by atoms with Crippen molar-refractivity contribution < 1.29 is 9.90 Å². The summed E-state index contributed by atoms with van der Waals surface area (Å²) >= 11 is 7.85. The SMILES string of the molecule is Cc1ccc(C)c(Sc2cc3c(cc2Cl)C(O)C(=O)N3)c1. The van der Waals surface area contributed by atoms with Gasteiger partial charge in [0.15, 0.2) is 6.10 Å². The highest BCUT2D eigenvalue weighted by Crippen LogP contribution is 2.41. The topological polar surface area (TPSA) is 49.3 Å². The van der Waals surface area contributed by atoms with Gasteiger partial charge in [0, 0.05) is 21.0 Å². The first kappa shape index (κ1) is 14.4. The van der Waals surface area contributed by atoms with Gasteiger partial charge in [-0.05, 0) is 43.2 Å². The van der Waals surface area contributed by atoms with E-state index in [1.54, 1.807) is 17.8 Å². The van der Waals surface area contributed by atoms with Gasteiger partial charge in [-0.15, -0.1) is 0 Å². The van der Waals surface area contributed by atoms with Gasteiger partial charge in [-0.2, -0.15) is 0 Å². The van der Waals surface area contributed by atoms with E-state index in [4.69, 9.17) is 11.6 Å². The number of anilines is 1. The zero-order valence-corrected chi connectivity index (χ0v) is 13.2. The summed E-state index contributed by atoms with van der Waals surface area (Å²) in [6, 6.07) is 9.73. The predicted molar refractivity (Wildman–Crippen MR) is 85.1 cm³/mol. The molecular weight excluding hydrogens is 306 g/mol. The van der Waals surface area contributed by atoms with Crippen molar-refractivity contribution in [1.82, 2.24) is 0 Å². The summed E-state index contributed by atoms with van der Waals surface area (Å²) < 4.78 is 0. The van der Waals surface area contributed by atoms with Crippen LogP contribution in [0.15, 0.2) is 40.1 Å². The summed E-state index contributed by atoms with van der Waals surface area (Å²) in [6.07, 6.45) is -1.13. The lowest BCUT2D eigenvalue weighted by Crippen LogP contribution is -2.10. The lowest BCUT2D eigenvalue weighted by atomic mass is 10.1. The highest BCUT2D eigenvalue weighted by molar-refractivity contribution is 7.99. The Hall–Kier alpha value is -1.49. The maximum absolute atomic E-state index is 11.5. The van der Waals surface area contributed by atoms with Crippen molar-refractivity contribution in [2.75, 3.05) is 5.32 Å². The van der Waals surface area contributed by atoms with E-state index in [1.807, 2.05) is 13.0 Å². The van der Waals surface area contributed by atoms with Crippen LogP contribution in [0.2, 0.25) is 5.02 Å². The second kappa shape index (κ2) is 5.37. The van der Waals surface area contributed by atoms with Gasteiger partial charge in [-0.25, -0.2) is 0 Å². The maximum Gasteiger partial charge on any atom is 0.257 e. The second-order valence-corrected chi connectivity index (χ2v) is 6.62. The van der Waals surface area contributed by atoms with Crippen LogP contribution in [0.3, 0.4) is 0 Å². The van der Waals surface area contributed by atoms with Crippen LogP contribution in [0.1, 0.15) is 22.8 Å². The molecule has 1 aliphatic rings. The molecule has 0 aliphatic carbocycles. The molecule has 0 bridgehead atoms. The highest BCUT2D eigenvalue weighted by atomic mass is 35.5. The molecule has 1 aliphatic heterocycles. The van der Waals surface area contributed by atoms with E-state index in [0.29, 0.717) is 16.3 Å². The van der Waals surface area contributed by atoms with Crippen LogP contribution in [-0.2, 0) is 4.79 Å². The summed E-state index contributed by atoms with van der Waals surface area (Å²) in [6.45, 7) is 4.10. The van der Waals surface area contributed by atoms with Crippen molar-refractivity contribution in [3.63, 3.8) is 0 Å². The molecule has 0 radical (unpaired) electrons. The summed E-state index contributed by atoms with van der Waals surface area (Å²) in [5, 5.41) is 13.0. The Morgan fingerprint density at radius 1 is 1.19 bits per heavy atom. The zero-order valence-electron chi connectivity index (χ0n) is 11.6. The summed E-state index contributed by atoms with van der Waals surface area (Å²) in [4.78, 5) is 13.5. The molecule has 0 fully saturated rings. The van der Waals surface area contributed by atoms with Gasteiger partial charge < -0.3 is 10.4 Å². The Labute approximate surface area is 132 Å². The third-order valence-electron chi connectivity index (χ3n) is 3.47. The van der Waals surface area contributed by atoms with Crippen LogP contribution in [-0.4, -0.2) is 11.0 Å². The maximum atomic E-state index is 11.5. The number of benzene rings is 2. The first-order chi connectivity index (χ1) is 9.95. The quantitative estimate of drug-likeness (QED) is 0.876. The number of fused-ring (bicyclic) bond motifs is 1. The number of carbonyl (C=O) groups is 1. The molecule has 2 aromatic rings. The standard InChI is InChI=1S/C16H14ClNO2S/c1-8-3-4-9(2)13(5-8)21-14-7-12-10(6-11(14)17)15(19)16(20)18-12/h3-7,15,19H,1-2H3,(H,18,20). The average molecular weight is 320 g/mol. The number of carbonyl (C=O) groups excluding carboxylic acids is 1. The van der Waals surface area contributed by atoms with E-state index < -0.39 is 12.0 Å². The van der Waals surface area contributed by atoms with E-state index in [9.17, 15) is 9.90 Å². The van der Waals surface area contributed by atoms with Crippen molar-refractivity contribution in [3.8, 4) is 0 Å². The fourth-order valence-corrected chi connectivity index (χ4v) is 3.59. The van der Waals surface area contributed by atoms with Crippen LogP contribution in [0.25, 0.3) is 0 Å². The zero-order chi connectivity index (χ0) is 15.1. The van der Waals surface area contributed by atoms with Crippen LogP contribution < -0.4 is 5.32 Å². The minimum atomic E-state index is -1.13. The molecule has 5 heteroatoms. The second-order valence-electron chi connectivity index (χ2n) is 5.13. The highest BCUT2D eigenvalue weighted by Gasteiger charge is 2.29. The number of hydrogen-bond donors (Lipinski definition) is 2. The van der Waals surface area contributed by atoms with Crippen molar-refractivity contribution in [1.29, 1.82) is 0 Å².